The maximum atomic E-state index is 12.0. The lowest BCUT2D eigenvalue weighted by atomic mass is 10.0. The Kier molecular flexibility index (Phi) is 5.46. The van der Waals surface area contributed by atoms with Crippen LogP contribution < -0.4 is 10.6 Å². The zero-order valence-electron chi connectivity index (χ0n) is 12.3. The molecule has 1 saturated heterocycles. The van der Waals surface area contributed by atoms with Crippen molar-refractivity contribution in [3.05, 3.63) is 29.8 Å². The number of carbonyl (C=O) groups is 1. The first kappa shape index (κ1) is 15.4. The van der Waals surface area contributed by atoms with Gasteiger partial charge >= 0.3 is 0 Å². The number of nitrogens with zero attached hydrogens (tertiary/aromatic N) is 1. The minimum absolute atomic E-state index is 0.0878. The number of rotatable bonds is 4. The molecule has 0 bridgehead atoms. The highest BCUT2D eigenvalue weighted by atomic mass is 32.2. The third-order valence-electron chi connectivity index (χ3n) is 3.93. The molecule has 0 radical (unpaired) electrons. The van der Waals surface area contributed by atoms with Crippen LogP contribution in [0.2, 0.25) is 0 Å². The number of benzene rings is 1. The number of nitrogens with one attached hydrogen (secondary N) is 2. The van der Waals surface area contributed by atoms with E-state index in [1.807, 2.05) is 0 Å². The second-order valence-electron chi connectivity index (χ2n) is 5.02. The SMILES string of the molecule is CNC(=O)C1CNCCN1C(C)c1ccc(SC)cc1. The van der Waals surface area contributed by atoms with Crippen molar-refractivity contribution in [2.24, 2.45) is 0 Å². The van der Waals surface area contributed by atoms with Gasteiger partial charge in [-0.25, -0.2) is 0 Å². The molecule has 1 aromatic rings. The molecule has 1 aromatic carbocycles. The molecule has 0 aromatic heterocycles. The molecule has 1 aliphatic heterocycles. The van der Waals surface area contributed by atoms with Crippen LogP contribution in [0.25, 0.3) is 0 Å². The van der Waals surface area contributed by atoms with E-state index in [4.69, 9.17) is 0 Å². The molecule has 1 amide bonds. The average Bonchev–Trinajstić information content (AvgIpc) is 2.53. The Bertz CT molecular complexity index is 449. The predicted molar refractivity (Wildman–Crippen MR) is 84.1 cm³/mol. The van der Waals surface area contributed by atoms with Gasteiger partial charge in [-0.15, -0.1) is 11.8 Å². The van der Waals surface area contributed by atoms with Crippen LogP contribution in [0, 0.1) is 0 Å². The molecule has 2 unspecified atom stereocenters. The molecule has 2 rings (SSSR count). The average molecular weight is 293 g/mol. The zero-order chi connectivity index (χ0) is 14.5. The van der Waals surface area contributed by atoms with Crippen molar-refractivity contribution in [2.75, 3.05) is 32.9 Å². The number of carbonyl (C=O) groups excluding carboxylic acids is 1. The Labute approximate surface area is 125 Å². The molecule has 2 atom stereocenters. The topological polar surface area (TPSA) is 44.4 Å². The summed E-state index contributed by atoms with van der Waals surface area (Å²) in [5.74, 6) is 0.0878. The molecule has 1 aliphatic rings. The molecule has 4 nitrogen and oxygen atoms in total. The van der Waals surface area contributed by atoms with E-state index in [9.17, 15) is 4.79 Å². The number of piperazine rings is 1. The van der Waals surface area contributed by atoms with Crippen molar-refractivity contribution in [1.82, 2.24) is 15.5 Å². The highest BCUT2D eigenvalue weighted by molar-refractivity contribution is 7.98. The maximum absolute atomic E-state index is 12.0. The maximum Gasteiger partial charge on any atom is 0.238 e. The second-order valence-corrected chi connectivity index (χ2v) is 5.90. The number of amides is 1. The first-order valence-corrected chi connectivity index (χ1v) is 8.22. The van der Waals surface area contributed by atoms with Crippen LogP contribution >= 0.6 is 11.8 Å². The predicted octanol–water partition coefficient (Wildman–Crippen LogP) is 1.49. The van der Waals surface area contributed by atoms with E-state index in [0.717, 1.165) is 13.1 Å². The summed E-state index contributed by atoms with van der Waals surface area (Å²) < 4.78 is 0. The molecule has 0 saturated carbocycles. The van der Waals surface area contributed by atoms with Gasteiger partial charge < -0.3 is 10.6 Å². The molecule has 0 spiro atoms. The van der Waals surface area contributed by atoms with Crippen molar-refractivity contribution in [1.29, 1.82) is 0 Å². The van der Waals surface area contributed by atoms with E-state index in [2.05, 4.69) is 53.0 Å². The number of likely N-dealkylation sites (N-methyl/N-ethyl adjacent to an activating group) is 1. The fourth-order valence-electron chi connectivity index (χ4n) is 2.67. The molecule has 2 N–H and O–H groups in total. The summed E-state index contributed by atoms with van der Waals surface area (Å²) in [6.45, 7) is 4.71. The van der Waals surface area contributed by atoms with Gasteiger partial charge in [0.25, 0.3) is 0 Å². The molecule has 1 heterocycles. The summed E-state index contributed by atoms with van der Waals surface area (Å²) in [5.41, 5.74) is 1.26. The minimum atomic E-state index is -0.0935. The largest absolute Gasteiger partial charge is 0.358 e. The summed E-state index contributed by atoms with van der Waals surface area (Å²) in [5, 5.41) is 6.06. The van der Waals surface area contributed by atoms with E-state index in [1.54, 1.807) is 18.8 Å². The van der Waals surface area contributed by atoms with Crippen LogP contribution in [-0.4, -0.2) is 49.8 Å². The number of hydrogen-bond donors (Lipinski definition) is 2. The lowest BCUT2D eigenvalue weighted by Crippen LogP contribution is -2.57. The second kappa shape index (κ2) is 7.11. The standard InChI is InChI=1S/C15H23N3OS/c1-11(12-4-6-13(20-3)7-5-12)18-9-8-17-10-14(18)15(19)16-2/h4-7,11,14,17H,8-10H2,1-3H3,(H,16,19). The van der Waals surface area contributed by atoms with Gasteiger partial charge in [0, 0.05) is 37.6 Å². The van der Waals surface area contributed by atoms with Gasteiger partial charge in [0.05, 0.1) is 0 Å². The third-order valence-corrected chi connectivity index (χ3v) is 4.67. The van der Waals surface area contributed by atoms with Crippen molar-refractivity contribution in [3.63, 3.8) is 0 Å². The first-order valence-electron chi connectivity index (χ1n) is 6.99. The summed E-state index contributed by atoms with van der Waals surface area (Å²) in [7, 11) is 1.70. The Morgan fingerprint density at radius 1 is 1.45 bits per heavy atom. The van der Waals surface area contributed by atoms with Crippen molar-refractivity contribution in [2.45, 2.75) is 23.9 Å². The summed E-state index contributed by atoms with van der Waals surface area (Å²) in [4.78, 5) is 15.6. The van der Waals surface area contributed by atoms with E-state index < -0.39 is 0 Å². The summed E-state index contributed by atoms with van der Waals surface area (Å²) in [6.07, 6.45) is 2.08. The lowest BCUT2D eigenvalue weighted by Gasteiger charge is -2.39. The third kappa shape index (κ3) is 3.34. The highest BCUT2D eigenvalue weighted by Gasteiger charge is 2.31. The van der Waals surface area contributed by atoms with Crippen LogP contribution in [0.1, 0.15) is 18.5 Å². The zero-order valence-corrected chi connectivity index (χ0v) is 13.2. The molecule has 20 heavy (non-hydrogen) atoms. The van der Waals surface area contributed by atoms with Crippen LogP contribution in [0.4, 0.5) is 0 Å². The molecule has 0 aliphatic carbocycles. The van der Waals surface area contributed by atoms with Crippen LogP contribution in [0.5, 0.6) is 0 Å². The van der Waals surface area contributed by atoms with E-state index >= 15 is 0 Å². The Morgan fingerprint density at radius 2 is 2.15 bits per heavy atom. The molecule has 110 valence electrons. The molecular weight excluding hydrogens is 270 g/mol. The van der Waals surface area contributed by atoms with Crippen molar-refractivity contribution < 1.29 is 4.79 Å². The number of thioether (sulfide) groups is 1. The highest BCUT2D eigenvalue weighted by Crippen LogP contribution is 2.25. The van der Waals surface area contributed by atoms with Crippen LogP contribution in [0.15, 0.2) is 29.2 Å². The van der Waals surface area contributed by atoms with Crippen LogP contribution in [0.3, 0.4) is 0 Å². The van der Waals surface area contributed by atoms with Gasteiger partial charge in [-0.1, -0.05) is 12.1 Å². The van der Waals surface area contributed by atoms with Crippen molar-refractivity contribution >= 4 is 17.7 Å². The quantitative estimate of drug-likeness (QED) is 0.826. The first-order chi connectivity index (χ1) is 9.67. The van der Waals surface area contributed by atoms with E-state index in [0.29, 0.717) is 6.54 Å². The van der Waals surface area contributed by atoms with Gasteiger partial charge in [-0.05, 0) is 30.9 Å². The Balaban J connectivity index is 2.15. The summed E-state index contributed by atoms with van der Waals surface area (Å²) >= 11 is 1.75. The molecular formula is C15H23N3OS. The fraction of sp³-hybridized carbons (Fsp3) is 0.533. The van der Waals surface area contributed by atoms with Crippen molar-refractivity contribution in [3.8, 4) is 0 Å². The van der Waals surface area contributed by atoms with Crippen LogP contribution in [-0.2, 0) is 4.79 Å². The van der Waals surface area contributed by atoms with Gasteiger partial charge in [0.15, 0.2) is 0 Å². The fourth-order valence-corrected chi connectivity index (χ4v) is 3.08. The van der Waals surface area contributed by atoms with Gasteiger partial charge in [-0.3, -0.25) is 9.69 Å². The minimum Gasteiger partial charge on any atom is -0.358 e. The Morgan fingerprint density at radius 3 is 2.75 bits per heavy atom. The van der Waals surface area contributed by atoms with Gasteiger partial charge in [0.2, 0.25) is 5.91 Å². The van der Waals surface area contributed by atoms with Gasteiger partial charge in [0.1, 0.15) is 6.04 Å². The van der Waals surface area contributed by atoms with E-state index in [-0.39, 0.29) is 18.0 Å². The molecule has 5 heteroatoms. The monoisotopic (exact) mass is 293 g/mol. The smallest absolute Gasteiger partial charge is 0.238 e. The number of hydrogen-bond acceptors (Lipinski definition) is 4. The normalized spacial score (nSPS) is 21.4. The van der Waals surface area contributed by atoms with E-state index in [1.165, 1.54) is 10.5 Å². The summed E-state index contributed by atoms with van der Waals surface area (Å²) in [6, 6.07) is 8.78. The Hall–Kier alpha value is -1.04. The lowest BCUT2D eigenvalue weighted by molar-refractivity contribution is -0.127. The molecule has 1 fully saturated rings. The van der Waals surface area contributed by atoms with Gasteiger partial charge in [-0.2, -0.15) is 0 Å².